The average Bonchev–Trinajstić information content (AvgIpc) is 2.85. The number of hydrogen-bond donors (Lipinski definition) is 1. The van der Waals surface area contributed by atoms with Gasteiger partial charge in [-0.25, -0.2) is 0 Å². The molecule has 2 aromatic rings. The first kappa shape index (κ1) is 18.5. The first-order valence-corrected chi connectivity index (χ1v) is 10.3. The maximum absolute atomic E-state index is 10.9. The fourth-order valence-electron chi connectivity index (χ4n) is 5.19. The molecule has 0 amide bonds. The molecule has 1 fully saturated rings. The Hall–Kier alpha value is -1.84. The summed E-state index contributed by atoms with van der Waals surface area (Å²) in [5.41, 5.74) is 3.74. The molecular formula is C24H31NO2. The summed E-state index contributed by atoms with van der Waals surface area (Å²) in [6.07, 6.45) is 3.92. The molecule has 1 heterocycles. The van der Waals surface area contributed by atoms with E-state index < -0.39 is 6.10 Å². The van der Waals surface area contributed by atoms with Crippen molar-refractivity contribution in [2.24, 2.45) is 0 Å². The Morgan fingerprint density at radius 1 is 0.963 bits per heavy atom. The molecule has 2 aromatic carbocycles. The Labute approximate surface area is 163 Å². The van der Waals surface area contributed by atoms with Gasteiger partial charge in [-0.05, 0) is 67.8 Å². The van der Waals surface area contributed by atoms with Crippen LogP contribution in [0.3, 0.4) is 0 Å². The molecule has 0 spiro atoms. The van der Waals surface area contributed by atoms with Gasteiger partial charge in [0.05, 0.1) is 13.2 Å². The van der Waals surface area contributed by atoms with Crippen LogP contribution in [0.4, 0.5) is 0 Å². The first-order chi connectivity index (χ1) is 13.2. The fraction of sp³-hybridized carbons (Fsp3) is 0.500. The molecule has 0 aromatic heterocycles. The molecule has 1 saturated heterocycles. The van der Waals surface area contributed by atoms with Crippen molar-refractivity contribution in [2.75, 3.05) is 20.2 Å². The van der Waals surface area contributed by atoms with Crippen molar-refractivity contribution in [3.63, 3.8) is 0 Å². The zero-order chi connectivity index (χ0) is 18.8. The van der Waals surface area contributed by atoms with E-state index in [1.165, 1.54) is 24.0 Å². The van der Waals surface area contributed by atoms with Crippen LogP contribution in [0.2, 0.25) is 0 Å². The lowest BCUT2D eigenvalue weighted by Crippen LogP contribution is -2.41. The smallest absolute Gasteiger partial charge is 0.122 e. The van der Waals surface area contributed by atoms with Crippen LogP contribution in [-0.4, -0.2) is 36.2 Å². The van der Waals surface area contributed by atoms with Crippen molar-refractivity contribution in [3.05, 3.63) is 65.2 Å². The van der Waals surface area contributed by atoms with Gasteiger partial charge in [0.1, 0.15) is 5.75 Å². The van der Waals surface area contributed by atoms with Crippen LogP contribution < -0.4 is 4.74 Å². The highest BCUT2D eigenvalue weighted by Gasteiger charge is 2.34. The van der Waals surface area contributed by atoms with Crippen molar-refractivity contribution < 1.29 is 9.84 Å². The van der Waals surface area contributed by atoms with E-state index in [0.29, 0.717) is 17.9 Å². The third-order valence-corrected chi connectivity index (χ3v) is 6.61. The predicted molar refractivity (Wildman–Crippen MR) is 109 cm³/mol. The largest absolute Gasteiger partial charge is 0.496 e. The summed E-state index contributed by atoms with van der Waals surface area (Å²) in [5.74, 6) is 1.99. The second-order valence-corrected chi connectivity index (χ2v) is 8.23. The van der Waals surface area contributed by atoms with Gasteiger partial charge < -0.3 is 14.7 Å². The van der Waals surface area contributed by atoms with E-state index in [2.05, 4.69) is 48.2 Å². The van der Waals surface area contributed by atoms with E-state index in [0.717, 1.165) is 37.2 Å². The molecule has 0 bridgehead atoms. The molecule has 144 valence electrons. The number of rotatable bonds is 3. The monoisotopic (exact) mass is 365 g/mol. The highest BCUT2D eigenvalue weighted by atomic mass is 16.5. The molecule has 1 N–H and O–H groups in total. The first-order valence-electron chi connectivity index (χ1n) is 10.3. The van der Waals surface area contributed by atoms with E-state index in [4.69, 9.17) is 4.74 Å². The Morgan fingerprint density at radius 3 is 2.41 bits per heavy atom. The second kappa shape index (κ2) is 8.04. The van der Waals surface area contributed by atoms with E-state index in [1.807, 2.05) is 12.1 Å². The summed E-state index contributed by atoms with van der Waals surface area (Å²) in [6, 6.07) is 17.4. The summed E-state index contributed by atoms with van der Waals surface area (Å²) in [4.78, 5) is 2.62. The number of aliphatic hydroxyl groups excluding tert-OH is 1. The summed E-state index contributed by atoms with van der Waals surface area (Å²) < 4.78 is 5.61. The highest BCUT2D eigenvalue weighted by Crippen LogP contribution is 2.42. The van der Waals surface area contributed by atoms with Crippen molar-refractivity contribution in [1.29, 1.82) is 0 Å². The third kappa shape index (κ3) is 3.76. The number of likely N-dealkylation sites (tertiary alicyclic amines) is 1. The van der Waals surface area contributed by atoms with Crippen molar-refractivity contribution >= 4 is 0 Å². The highest BCUT2D eigenvalue weighted by molar-refractivity contribution is 5.44. The number of benzene rings is 2. The zero-order valence-electron chi connectivity index (χ0n) is 16.5. The standard InChI is InChI=1S/C24H31NO2/c1-17-15-20(16-22(26)21-9-6-10-23(27-2)24(17)21)25-13-11-19(12-14-25)18-7-4-3-5-8-18/h3-10,17,19-20,22,26H,11-16H2,1-2H3/t17-,20?,22-/m1/s1. The average molecular weight is 366 g/mol. The zero-order valence-corrected chi connectivity index (χ0v) is 16.5. The lowest BCUT2D eigenvalue weighted by molar-refractivity contribution is 0.0836. The Bertz CT molecular complexity index is 752. The van der Waals surface area contributed by atoms with Gasteiger partial charge in [-0.15, -0.1) is 0 Å². The van der Waals surface area contributed by atoms with Crippen molar-refractivity contribution in [3.8, 4) is 5.75 Å². The Balaban J connectivity index is 1.47. The molecule has 1 aliphatic carbocycles. The van der Waals surface area contributed by atoms with Gasteiger partial charge >= 0.3 is 0 Å². The van der Waals surface area contributed by atoms with Crippen LogP contribution in [0.5, 0.6) is 5.75 Å². The number of piperidine rings is 1. The predicted octanol–water partition coefficient (Wildman–Crippen LogP) is 4.87. The topological polar surface area (TPSA) is 32.7 Å². The number of fused-ring (bicyclic) bond motifs is 1. The molecule has 2 aliphatic rings. The molecule has 0 saturated carbocycles. The number of nitrogens with zero attached hydrogens (tertiary/aromatic N) is 1. The van der Waals surface area contributed by atoms with Crippen molar-refractivity contribution in [1.82, 2.24) is 4.90 Å². The van der Waals surface area contributed by atoms with Crippen LogP contribution in [-0.2, 0) is 0 Å². The van der Waals surface area contributed by atoms with Crippen LogP contribution in [0.25, 0.3) is 0 Å². The van der Waals surface area contributed by atoms with Crippen molar-refractivity contribution in [2.45, 2.75) is 56.6 Å². The number of ether oxygens (including phenoxy) is 1. The second-order valence-electron chi connectivity index (χ2n) is 8.23. The minimum atomic E-state index is -0.406. The molecule has 4 rings (SSSR count). The molecule has 0 radical (unpaired) electrons. The number of methoxy groups -OCH3 is 1. The Morgan fingerprint density at radius 2 is 1.70 bits per heavy atom. The summed E-state index contributed by atoms with van der Waals surface area (Å²) in [6.45, 7) is 4.53. The number of hydrogen-bond acceptors (Lipinski definition) is 3. The fourth-order valence-corrected chi connectivity index (χ4v) is 5.19. The molecule has 3 atom stereocenters. The lowest BCUT2D eigenvalue weighted by atomic mass is 9.87. The van der Waals surface area contributed by atoms with E-state index >= 15 is 0 Å². The molecule has 27 heavy (non-hydrogen) atoms. The van der Waals surface area contributed by atoms with Gasteiger partial charge in [0.15, 0.2) is 0 Å². The molecule has 1 unspecified atom stereocenters. The summed E-state index contributed by atoms with van der Waals surface area (Å²) in [7, 11) is 1.73. The molecule has 3 nitrogen and oxygen atoms in total. The molecular weight excluding hydrogens is 334 g/mol. The number of aliphatic hydroxyl groups is 1. The van der Waals surface area contributed by atoms with E-state index in [-0.39, 0.29) is 0 Å². The van der Waals surface area contributed by atoms with Gasteiger partial charge in [-0.3, -0.25) is 0 Å². The SMILES string of the molecule is COc1cccc2c1[C@H](C)CC(N1CCC(c3ccccc3)CC1)C[C@H]2O. The molecule has 3 heteroatoms. The van der Waals surface area contributed by atoms with Gasteiger partial charge in [0.25, 0.3) is 0 Å². The van der Waals surface area contributed by atoms with Crippen LogP contribution in [0.1, 0.15) is 67.2 Å². The quantitative estimate of drug-likeness (QED) is 0.787. The minimum Gasteiger partial charge on any atom is -0.496 e. The third-order valence-electron chi connectivity index (χ3n) is 6.61. The van der Waals surface area contributed by atoms with Gasteiger partial charge in [-0.1, -0.05) is 49.4 Å². The van der Waals surface area contributed by atoms with Crippen LogP contribution >= 0.6 is 0 Å². The van der Waals surface area contributed by atoms with Crippen LogP contribution in [0, 0.1) is 0 Å². The normalized spacial score (nSPS) is 27.0. The van der Waals surface area contributed by atoms with Crippen LogP contribution in [0.15, 0.2) is 48.5 Å². The van der Waals surface area contributed by atoms with E-state index in [1.54, 1.807) is 7.11 Å². The van der Waals surface area contributed by atoms with Gasteiger partial charge in [0.2, 0.25) is 0 Å². The summed E-state index contributed by atoms with van der Waals surface area (Å²) >= 11 is 0. The minimum absolute atomic E-state index is 0.394. The maximum Gasteiger partial charge on any atom is 0.122 e. The Kier molecular flexibility index (Phi) is 5.51. The van der Waals surface area contributed by atoms with Gasteiger partial charge in [-0.2, -0.15) is 0 Å². The van der Waals surface area contributed by atoms with E-state index in [9.17, 15) is 5.11 Å². The molecule has 1 aliphatic heterocycles. The lowest BCUT2D eigenvalue weighted by Gasteiger charge is -2.38. The maximum atomic E-state index is 10.9. The summed E-state index contributed by atoms with van der Waals surface area (Å²) in [5, 5.41) is 10.9. The van der Waals surface area contributed by atoms with Gasteiger partial charge in [0, 0.05) is 11.6 Å².